The van der Waals surface area contributed by atoms with Gasteiger partial charge in [-0.25, -0.2) is 0 Å². The van der Waals surface area contributed by atoms with E-state index in [0.717, 1.165) is 33.3 Å². The van der Waals surface area contributed by atoms with E-state index in [1.54, 1.807) is 6.92 Å². The van der Waals surface area contributed by atoms with E-state index in [-0.39, 0.29) is 4.90 Å². The van der Waals surface area contributed by atoms with Gasteiger partial charge in [0.1, 0.15) is 12.7 Å². The Hall–Kier alpha value is -3.03. The maximum Gasteiger partial charge on any atom is 0.305 e. The summed E-state index contributed by atoms with van der Waals surface area (Å²) in [6, 6.07) is 5.67. The van der Waals surface area contributed by atoms with Gasteiger partial charge >= 0.3 is 23.9 Å². The molecule has 0 saturated carbocycles. The Morgan fingerprint density at radius 2 is 1.32 bits per heavy atom. The highest BCUT2D eigenvalue weighted by molar-refractivity contribution is 7.86. The summed E-state index contributed by atoms with van der Waals surface area (Å²) in [5.74, 6) is -3.27. The van der Waals surface area contributed by atoms with Crippen LogP contribution in [0.3, 0.4) is 0 Å². The molecule has 0 aliphatic carbocycles. The molecule has 0 aromatic heterocycles. The molecule has 0 N–H and O–H groups in total. The summed E-state index contributed by atoms with van der Waals surface area (Å²) in [5.41, 5.74) is 0.791. The normalized spacial score (nSPS) is 24.6. The fraction of sp³-hybridized carbons (Fsp3) is 0.524. The van der Waals surface area contributed by atoms with Gasteiger partial charge in [-0.05, 0) is 19.1 Å². The quantitative estimate of drug-likeness (QED) is 0.280. The van der Waals surface area contributed by atoms with Crippen LogP contribution in [0.5, 0.6) is 0 Å². The standard InChI is InChI=1S/C21H26O12S/c1-11-6-8-16(9-7-11)34(26,27)33-20-19(30-14(4)24)18(29-13(3)23)17(10-28-12(2)22)32-21(20)31-15(5)25/h6-9,17-21H,10H2,1-5H3. The van der Waals surface area contributed by atoms with Gasteiger partial charge in [0.25, 0.3) is 10.1 Å². The second kappa shape index (κ2) is 11.4. The average molecular weight is 502 g/mol. The summed E-state index contributed by atoms with van der Waals surface area (Å²) in [7, 11) is -4.50. The molecule has 2 rings (SSSR count). The molecule has 13 heteroatoms. The van der Waals surface area contributed by atoms with Gasteiger partial charge in [-0.3, -0.25) is 23.4 Å². The van der Waals surface area contributed by atoms with Gasteiger partial charge in [0.2, 0.25) is 6.29 Å². The number of rotatable bonds is 8. The zero-order valence-electron chi connectivity index (χ0n) is 19.2. The van der Waals surface area contributed by atoms with Crippen LogP contribution in [0, 0.1) is 6.92 Å². The van der Waals surface area contributed by atoms with Crippen LogP contribution in [0.15, 0.2) is 29.2 Å². The van der Waals surface area contributed by atoms with Crippen LogP contribution >= 0.6 is 0 Å². The van der Waals surface area contributed by atoms with Gasteiger partial charge < -0.3 is 23.7 Å². The van der Waals surface area contributed by atoms with Crippen molar-refractivity contribution >= 4 is 34.0 Å². The summed E-state index contributed by atoms with van der Waals surface area (Å²) in [6.45, 7) is 5.52. The second-order valence-corrected chi connectivity index (χ2v) is 9.00. The fourth-order valence-electron chi connectivity index (χ4n) is 3.14. The number of hydrogen-bond donors (Lipinski definition) is 0. The SMILES string of the molecule is CC(=O)OCC1OC(OC(C)=O)C(OS(=O)(=O)c2ccc(C)cc2)C(OC(C)=O)C1OC(C)=O. The van der Waals surface area contributed by atoms with Crippen molar-refractivity contribution in [3.63, 3.8) is 0 Å². The molecule has 188 valence electrons. The Labute approximate surface area is 196 Å². The van der Waals surface area contributed by atoms with Crippen LogP contribution in [-0.4, -0.2) is 69.6 Å². The van der Waals surface area contributed by atoms with E-state index in [1.807, 2.05) is 0 Å². The van der Waals surface area contributed by atoms with Crippen molar-refractivity contribution in [3.05, 3.63) is 29.8 Å². The molecule has 34 heavy (non-hydrogen) atoms. The average Bonchev–Trinajstić information content (AvgIpc) is 2.70. The molecule has 0 radical (unpaired) electrons. The molecule has 5 atom stereocenters. The summed E-state index contributed by atoms with van der Waals surface area (Å²) in [6.07, 6.45) is -7.86. The molecule has 1 aromatic rings. The van der Waals surface area contributed by atoms with Gasteiger partial charge in [-0.2, -0.15) is 8.42 Å². The zero-order chi connectivity index (χ0) is 25.6. The van der Waals surface area contributed by atoms with Crippen molar-refractivity contribution < 1.29 is 55.5 Å². The molecular formula is C21H26O12S. The maximum absolute atomic E-state index is 13.0. The van der Waals surface area contributed by atoms with Crippen LogP contribution in [0.1, 0.15) is 33.3 Å². The van der Waals surface area contributed by atoms with Gasteiger partial charge in [-0.15, -0.1) is 0 Å². The first-order valence-electron chi connectivity index (χ1n) is 10.1. The lowest BCUT2D eigenvalue weighted by Crippen LogP contribution is -2.63. The molecule has 1 aromatic carbocycles. The van der Waals surface area contributed by atoms with Crippen molar-refractivity contribution in [3.8, 4) is 0 Å². The largest absolute Gasteiger partial charge is 0.463 e. The first kappa shape index (κ1) is 27.2. The van der Waals surface area contributed by atoms with Gasteiger partial charge in [0, 0.05) is 27.7 Å². The third kappa shape index (κ3) is 7.50. The van der Waals surface area contributed by atoms with Crippen molar-refractivity contribution in [1.29, 1.82) is 0 Å². The lowest BCUT2D eigenvalue weighted by atomic mass is 9.98. The van der Waals surface area contributed by atoms with Gasteiger partial charge in [-0.1, -0.05) is 17.7 Å². The molecule has 1 aliphatic heterocycles. The number of hydrogen-bond acceptors (Lipinski definition) is 12. The van der Waals surface area contributed by atoms with Crippen LogP contribution in [0.25, 0.3) is 0 Å². The minimum Gasteiger partial charge on any atom is -0.463 e. The minimum absolute atomic E-state index is 0.229. The Kier molecular flexibility index (Phi) is 9.13. The molecular weight excluding hydrogens is 476 g/mol. The molecule has 0 amide bonds. The summed E-state index contributed by atoms with van der Waals surface area (Å²) in [5, 5.41) is 0. The lowest BCUT2D eigenvalue weighted by molar-refractivity contribution is -0.291. The number of carbonyl (C=O) groups is 4. The summed E-state index contributed by atoms with van der Waals surface area (Å²) in [4.78, 5) is 46.4. The second-order valence-electron chi connectivity index (χ2n) is 7.43. The Morgan fingerprint density at radius 3 is 1.82 bits per heavy atom. The highest BCUT2D eigenvalue weighted by atomic mass is 32.2. The third-order valence-corrected chi connectivity index (χ3v) is 5.80. The third-order valence-electron chi connectivity index (χ3n) is 4.48. The molecule has 0 bridgehead atoms. The molecule has 1 saturated heterocycles. The maximum atomic E-state index is 13.0. The van der Waals surface area contributed by atoms with E-state index < -0.39 is 71.3 Å². The summed E-state index contributed by atoms with van der Waals surface area (Å²) >= 11 is 0. The Bertz CT molecular complexity index is 1020. The summed E-state index contributed by atoms with van der Waals surface area (Å²) < 4.78 is 57.3. The topological polar surface area (TPSA) is 158 Å². The number of carbonyl (C=O) groups excluding carboxylic acids is 4. The molecule has 12 nitrogen and oxygen atoms in total. The minimum atomic E-state index is -4.50. The smallest absolute Gasteiger partial charge is 0.305 e. The van der Waals surface area contributed by atoms with E-state index in [1.165, 1.54) is 24.3 Å². The van der Waals surface area contributed by atoms with E-state index >= 15 is 0 Å². The van der Waals surface area contributed by atoms with E-state index in [9.17, 15) is 27.6 Å². The highest BCUT2D eigenvalue weighted by Crippen LogP contribution is 2.32. The first-order chi connectivity index (χ1) is 15.8. The van der Waals surface area contributed by atoms with E-state index in [2.05, 4.69) is 0 Å². The van der Waals surface area contributed by atoms with E-state index in [4.69, 9.17) is 27.9 Å². The van der Waals surface area contributed by atoms with Crippen LogP contribution in [-0.2, 0) is 57.2 Å². The number of esters is 4. The van der Waals surface area contributed by atoms with Crippen molar-refractivity contribution in [1.82, 2.24) is 0 Å². The lowest BCUT2D eigenvalue weighted by Gasteiger charge is -2.43. The molecule has 5 unspecified atom stereocenters. The first-order valence-corrected chi connectivity index (χ1v) is 11.5. The monoisotopic (exact) mass is 502 g/mol. The van der Waals surface area contributed by atoms with Crippen LogP contribution < -0.4 is 0 Å². The Morgan fingerprint density at radius 1 is 0.794 bits per heavy atom. The van der Waals surface area contributed by atoms with Gasteiger partial charge in [0.05, 0.1) is 4.90 Å². The molecule has 0 spiro atoms. The van der Waals surface area contributed by atoms with Crippen molar-refractivity contribution in [2.24, 2.45) is 0 Å². The number of benzene rings is 1. The van der Waals surface area contributed by atoms with Crippen molar-refractivity contribution in [2.45, 2.75) is 70.2 Å². The van der Waals surface area contributed by atoms with Crippen molar-refractivity contribution in [2.75, 3.05) is 6.61 Å². The predicted molar refractivity (Wildman–Crippen MR) is 111 cm³/mol. The molecule has 1 fully saturated rings. The molecule has 1 heterocycles. The fourth-order valence-corrected chi connectivity index (χ4v) is 4.21. The number of aryl methyl sites for hydroxylation is 1. The number of ether oxygens (including phenoxy) is 5. The highest BCUT2D eigenvalue weighted by Gasteiger charge is 2.54. The Balaban J connectivity index is 2.52. The molecule has 1 aliphatic rings. The van der Waals surface area contributed by atoms with Crippen LogP contribution in [0.4, 0.5) is 0 Å². The predicted octanol–water partition coefficient (Wildman–Crippen LogP) is 0.783. The van der Waals surface area contributed by atoms with E-state index in [0.29, 0.717) is 0 Å². The zero-order valence-corrected chi connectivity index (χ0v) is 20.0. The van der Waals surface area contributed by atoms with Gasteiger partial charge in [0.15, 0.2) is 18.3 Å². The van der Waals surface area contributed by atoms with Crippen LogP contribution in [0.2, 0.25) is 0 Å².